The van der Waals surface area contributed by atoms with Gasteiger partial charge in [0.1, 0.15) is 0 Å². The number of rotatable bonds is 5. The highest BCUT2D eigenvalue weighted by molar-refractivity contribution is 6.34. The van der Waals surface area contributed by atoms with Crippen LogP contribution in [0.2, 0.25) is 5.02 Å². The number of nitrogens with one attached hydrogen (secondary N) is 2. The Balaban J connectivity index is 1.58. The fourth-order valence-electron chi connectivity index (χ4n) is 3.43. The summed E-state index contributed by atoms with van der Waals surface area (Å²) < 4.78 is 0. The van der Waals surface area contributed by atoms with Crippen LogP contribution in [0.15, 0.2) is 42.5 Å². The molecule has 0 saturated carbocycles. The number of hydrogen-bond acceptors (Lipinski definition) is 3. The van der Waals surface area contributed by atoms with Crippen molar-refractivity contribution < 1.29 is 9.59 Å². The van der Waals surface area contributed by atoms with Crippen LogP contribution in [0, 0.1) is 12.8 Å². The Morgan fingerprint density at radius 2 is 1.89 bits per heavy atom. The van der Waals surface area contributed by atoms with Gasteiger partial charge in [0.25, 0.3) is 5.91 Å². The van der Waals surface area contributed by atoms with Gasteiger partial charge in [-0.25, -0.2) is 0 Å². The smallest absolute Gasteiger partial charge is 0.255 e. The number of halogens is 1. The summed E-state index contributed by atoms with van der Waals surface area (Å²) in [5.74, 6) is 0.348. The largest absolute Gasteiger partial charge is 0.324 e. The Morgan fingerprint density at radius 1 is 1.14 bits per heavy atom. The molecule has 2 aromatic rings. The van der Waals surface area contributed by atoms with E-state index in [0.717, 1.165) is 25.1 Å². The van der Waals surface area contributed by atoms with E-state index in [1.807, 2.05) is 19.1 Å². The van der Waals surface area contributed by atoms with Crippen LogP contribution in [-0.2, 0) is 4.79 Å². The molecule has 2 aromatic carbocycles. The van der Waals surface area contributed by atoms with Gasteiger partial charge in [-0.05, 0) is 62.6 Å². The topological polar surface area (TPSA) is 61.4 Å². The quantitative estimate of drug-likeness (QED) is 0.774. The molecule has 6 heteroatoms. The highest BCUT2D eigenvalue weighted by Crippen LogP contribution is 2.26. The Hall–Kier alpha value is -2.37. The highest BCUT2D eigenvalue weighted by Gasteiger charge is 2.19. The van der Waals surface area contributed by atoms with E-state index in [1.165, 1.54) is 6.42 Å². The molecule has 0 aliphatic carbocycles. The summed E-state index contributed by atoms with van der Waals surface area (Å²) in [6.07, 6.45) is 2.35. The average molecular weight is 400 g/mol. The molecule has 2 amide bonds. The van der Waals surface area contributed by atoms with Gasteiger partial charge in [0.05, 0.1) is 17.3 Å². The van der Waals surface area contributed by atoms with Crippen LogP contribution in [0.5, 0.6) is 0 Å². The molecule has 0 spiro atoms. The van der Waals surface area contributed by atoms with E-state index in [0.29, 0.717) is 34.4 Å². The van der Waals surface area contributed by atoms with Gasteiger partial charge < -0.3 is 10.6 Å². The number of hydrogen-bond donors (Lipinski definition) is 2. The SMILES string of the molecule is Cc1ccc(C(=O)Nc2ccc(NC(=O)CN3CCCC(C)C3)c(Cl)c2)cc1. The van der Waals surface area contributed by atoms with Gasteiger partial charge in [0.2, 0.25) is 5.91 Å². The second-order valence-electron chi connectivity index (χ2n) is 7.55. The maximum Gasteiger partial charge on any atom is 0.255 e. The lowest BCUT2D eigenvalue weighted by Gasteiger charge is -2.30. The number of benzene rings is 2. The van der Waals surface area contributed by atoms with Crippen molar-refractivity contribution >= 4 is 34.8 Å². The van der Waals surface area contributed by atoms with Gasteiger partial charge in [0, 0.05) is 17.8 Å². The molecule has 148 valence electrons. The van der Waals surface area contributed by atoms with Crippen molar-refractivity contribution in [2.75, 3.05) is 30.3 Å². The third-order valence-electron chi connectivity index (χ3n) is 4.92. The normalized spacial score (nSPS) is 17.2. The molecule has 1 fully saturated rings. The van der Waals surface area contributed by atoms with Crippen molar-refractivity contribution in [2.24, 2.45) is 5.92 Å². The van der Waals surface area contributed by atoms with Crippen molar-refractivity contribution in [3.8, 4) is 0 Å². The van der Waals surface area contributed by atoms with Crippen molar-refractivity contribution in [3.63, 3.8) is 0 Å². The minimum absolute atomic E-state index is 0.0764. The van der Waals surface area contributed by atoms with Crippen LogP contribution >= 0.6 is 11.6 Å². The van der Waals surface area contributed by atoms with Crippen molar-refractivity contribution in [1.82, 2.24) is 4.90 Å². The molecule has 5 nitrogen and oxygen atoms in total. The Bertz CT molecular complexity index is 851. The van der Waals surface area contributed by atoms with Gasteiger partial charge in [-0.1, -0.05) is 36.2 Å². The molecule has 1 atom stereocenters. The molecule has 3 rings (SSSR count). The fraction of sp³-hybridized carbons (Fsp3) is 0.364. The predicted octanol–water partition coefficient (Wildman–Crippen LogP) is 4.57. The second kappa shape index (κ2) is 9.22. The second-order valence-corrected chi connectivity index (χ2v) is 7.95. The van der Waals surface area contributed by atoms with Crippen LogP contribution < -0.4 is 10.6 Å². The van der Waals surface area contributed by atoms with Gasteiger partial charge >= 0.3 is 0 Å². The molecule has 1 heterocycles. The standard InChI is InChI=1S/C22H26ClN3O2/c1-15-5-7-17(8-6-15)22(28)24-18-9-10-20(19(23)12-18)25-21(27)14-26-11-3-4-16(2)13-26/h5-10,12,16H,3-4,11,13-14H2,1-2H3,(H,24,28)(H,25,27). The molecule has 1 saturated heterocycles. The Labute approximate surface area is 171 Å². The highest BCUT2D eigenvalue weighted by atomic mass is 35.5. The van der Waals surface area contributed by atoms with Crippen LogP contribution in [0.4, 0.5) is 11.4 Å². The number of aryl methyl sites for hydroxylation is 1. The molecule has 0 bridgehead atoms. The van der Waals surface area contributed by atoms with E-state index in [9.17, 15) is 9.59 Å². The average Bonchev–Trinajstić information content (AvgIpc) is 2.64. The van der Waals surface area contributed by atoms with E-state index >= 15 is 0 Å². The monoisotopic (exact) mass is 399 g/mol. The zero-order valence-electron chi connectivity index (χ0n) is 16.3. The number of anilines is 2. The van der Waals surface area contributed by atoms with Crippen molar-refractivity contribution in [1.29, 1.82) is 0 Å². The zero-order chi connectivity index (χ0) is 20.1. The third kappa shape index (κ3) is 5.57. The number of carbonyl (C=O) groups is 2. The molecular formula is C22H26ClN3O2. The van der Waals surface area contributed by atoms with Gasteiger partial charge in [0.15, 0.2) is 0 Å². The first-order valence-electron chi connectivity index (χ1n) is 9.60. The van der Waals surface area contributed by atoms with Gasteiger partial charge in [-0.3, -0.25) is 14.5 Å². The number of likely N-dealkylation sites (tertiary alicyclic amines) is 1. The lowest BCUT2D eigenvalue weighted by molar-refractivity contribution is -0.117. The molecule has 28 heavy (non-hydrogen) atoms. The van der Waals surface area contributed by atoms with Crippen LogP contribution in [0.3, 0.4) is 0 Å². The molecular weight excluding hydrogens is 374 g/mol. The first kappa shape index (κ1) is 20.4. The van der Waals surface area contributed by atoms with Crippen LogP contribution in [0.25, 0.3) is 0 Å². The summed E-state index contributed by atoms with van der Waals surface area (Å²) in [6.45, 7) is 6.46. The number of nitrogens with zero attached hydrogens (tertiary/aromatic N) is 1. The predicted molar refractivity (Wildman–Crippen MR) is 114 cm³/mol. The number of amides is 2. The minimum atomic E-state index is -0.202. The van der Waals surface area contributed by atoms with Crippen LogP contribution in [0.1, 0.15) is 35.7 Å². The van der Waals surface area contributed by atoms with E-state index in [-0.39, 0.29) is 11.8 Å². The lowest BCUT2D eigenvalue weighted by atomic mass is 10.0. The van der Waals surface area contributed by atoms with Gasteiger partial charge in [-0.15, -0.1) is 0 Å². The molecule has 2 N–H and O–H groups in total. The number of carbonyl (C=O) groups excluding carboxylic acids is 2. The third-order valence-corrected chi connectivity index (χ3v) is 5.24. The summed E-state index contributed by atoms with van der Waals surface area (Å²) in [6, 6.07) is 12.4. The van der Waals surface area contributed by atoms with Crippen molar-refractivity contribution in [2.45, 2.75) is 26.7 Å². The summed E-state index contributed by atoms with van der Waals surface area (Å²) in [4.78, 5) is 26.8. The molecule has 1 aliphatic heterocycles. The molecule has 1 unspecified atom stereocenters. The van der Waals surface area contributed by atoms with E-state index < -0.39 is 0 Å². The lowest BCUT2D eigenvalue weighted by Crippen LogP contribution is -2.39. The molecule has 0 radical (unpaired) electrons. The molecule has 1 aliphatic rings. The first-order valence-corrected chi connectivity index (χ1v) is 9.98. The zero-order valence-corrected chi connectivity index (χ0v) is 17.1. The Morgan fingerprint density at radius 3 is 2.57 bits per heavy atom. The fourth-order valence-corrected chi connectivity index (χ4v) is 3.65. The van der Waals surface area contributed by atoms with E-state index in [2.05, 4.69) is 22.5 Å². The Kier molecular flexibility index (Phi) is 6.70. The van der Waals surface area contributed by atoms with E-state index in [4.69, 9.17) is 11.6 Å². The minimum Gasteiger partial charge on any atom is -0.324 e. The van der Waals surface area contributed by atoms with E-state index in [1.54, 1.807) is 30.3 Å². The van der Waals surface area contributed by atoms with Crippen molar-refractivity contribution in [3.05, 3.63) is 58.6 Å². The maximum absolute atomic E-state index is 12.3. The summed E-state index contributed by atoms with van der Waals surface area (Å²) in [7, 11) is 0. The summed E-state index contributed by atoms with van der Waals surface area (Å²) >= 11 is 6.31. The van der Waals surface area contributed by atoms with Crippen LogP contribution in [-0.4, -0.2) is 36.3 Å². The number of piperidine rings is 1. The summed E-state index contributed by atoms with van der Waals surface area (Å²) in [5, 5.41) is 6.08. The maximum atomic E-state index is 12.3. The first-order chi connectivity index (χ1) is 13.4. The summed E-state index contributed by atoms with van der Waals surface area (Å²) in [5.41, 5.74) is 2.80. The van der Waals surface area contributed by atoms with Gasteiger partial charge in [-0.2, -0.15) is 0 Å². The molecule has 0 aromatic heterocycles.